The first kappa shape index (κ1) is 11.2. The van der Waals surface area contributed by atoms with Gasteiger partial charge in [0.05, 0.1) is 6.61 Å². The molecule has 1 aliphatic rings. The van der Waals surface area contributed by atoms with Crippen molar-refractivity contribution >= 4 is 5.97 Å². The van der Waals surface area contributed by atoms with Gasteiger partial charge in [-0.25, -0.2) is 0 Å². The van der Waals surface area contributed by atoms with E-state index < -0.39 is 11.9 Å². The van der Waals surface area contributed by atoms with Crippen LogP contribution in [0.25, 0.3) is 0 Å². The molecule has 14 heavy (non-hydrogen) atoms. The van der Waals surface area contributed by atoms with E-state index in [-0.39, 0.29) is 12.1 Å². The monoisotopic (exact) mass is 200 g/mol. The zero-order chi connectivity index (χ0) is 10.8. The molecule has 0 aromatic rings. The Bertz CT molecular complexity index is 234. The van der Waals surface area contributed by atoms with Crippen molar-refractivity contribution in [1.29, 1.82) is 0 Å². The Kier molecular flexibility index (Phi) is 3.29. The highest BCUT2D eigenvalue weighted by Crippen LogP contribution is 2.25. The number of carbonyl (C=O) groups is 1. The van der Waals surface area contributed by atoms with Gasteiger partial charge in [-0.3, -0.25) is 4.79 Å². The van der Waals surface area contributed by atoms with E-state index in [9.17, 15) is 4.79 Å². The first-order valence-electron chi connectivity index (χ1n) is 4.56. The van der Waals surface area contributed by atoms with E-state index in [0.29, 0.717) is 6.61 Å². The molecule has 0 aromatic heterocycles. The summed E-state index contributed by atoms with van der Waals surface area (Å²) in [7, 11) is 0. The maximum atomic E-state index is 10.8. The predicted molar refractivity (Wildman–Crippen MR) is 50.7 cm³/mol. The molecule has 2 atom stereocenters. The maximum Gasteiger partial charge on any atom is 0.303 e. The Balaban J connectivity index is 2.55. The fraction of sp³-hybridized carbons (Fsp3) is 0.700. The molecule has 0 unspecified atom stereocenters. The average molecular weight is 200 g/mol. The fourth-order valence-electron chi connectivity index (χ4n) is 1.34. The molecule has 4 heteroatoms. The van der Waals surface area contributed by atoms with Gasteiger partial charge in [-0.15, -0.1) is 0 Å². The van der Waals surface area contributed by atoms with E-state index in [4.69, 9.17) is 14.2 Å². The van der Waals surface area contributed by atoms with Gasteiger partial charge in [-0.2, -0.15) is 0 Å². The molecule has 4 nitrogen and oxygen atoms in total. The summed E-state index contributed by atoms with van der Waals surface area (Å²) in [6.45, 7) is 9.01. The van der Waals surface area contributed by atoms with Crippen molar-refractivity contribution in [2.24, 2.45) is 0 Å². The van der Waals surface area contributed by atoms with Gasteiger partial charge in [0.25, 0.3) is 0 Å². The molecule has 80 valence electrons. The van der Waals surface area contributed by atoms with Crippen LogP contribution in [-0.2, 0) is 19.0 Å². The van der Waals surface area contributed by atoms with Crippen molar-refractivity contribution in [3.05, 3.63) is 12.7 Å². The molecule has 0 radical (unpaired) electrons. The topological polar surface area (TPSA) is 44.8 Å². The number of hydrogen-bond acceptors (Lipinski definition) is 4. The summed E-state index contributed by atoms with van der Waals surface area (Å²) in [5.74, 6) is -0.949. The van der Waals surface area contributed by atoms with Gasteiger partial charge >= 0.3 is 5.97 Å². The van der Waals surface area contributed by atoms with Gasteiger partial charge < -0.3 is 14.2 Å². The number of esters is 1. The van der Waals surface area contributed by atoms with Crippen LogP contribution in [0.4, 0.5) is 0 Å². The summed E-state index contributed by atoms with van der Waals surface area (Å²) in [5.41, 5.74) is 0. The summed E-state index contributed by atoms with van der Waals surface area (Å²) >= 11 is 0. The van der Waals surface area contributed by atoms with Crippen molar-refractivity contribution in [3.8, 4) is 0 Å². The normalized spacial score (nSPS) is 26.9. The Morgan fingerprint density at radius 1 is 1.71 bits per heavy atom. The summed E-state index contributed by atoms with van der Waals surface area (Å²) in [4.78, 5) is 10.8. The lowest BCUT2D eigenvalue weighted by molar-refractivity contribution is -0.164. The number of carbonyl (C=O) groups excluding carboxylic acids is 1. The van der Waals surface area contributed by atoms with Crippen molar-refractivity contribution < 1.29 is 19.0 Å². The zero-order valence-corrected chi connectivity index (χ0v) is 8.78. The van der Waals surface area contributed by atoms with Crippen LogP contribution in [0, 0.1) is 0 Å². The third-order valence-corrected chi connectivity index (χ3v) is 1.93. The van der Waals surface area contributed by atoms with Gasteiger partial charge in [0, 0.05) is 6.92 Å². The van der Waals surface area contributed by atoms with Gasteiger partial charge in [0.15, 0.2) is 5.79 Å². The standard InChI is InChI=1S/C10H16O4/c1-5-8(13-7(2)11)9-6-12-10(3,4)14-9/h5,8-9H,1,6H2,2-4H3/t8-,9+/m0/s1. The lowest BCUT2D eigenvalue weighted by Gasteiger charge is -2.21. The van der Waals surface area contributed by atoms with Crippen molar-refractivity contribution in [1.82, 2.24) is 0 Å². The third kappa shape index (κ3) is 2.82. The van der Waals surface area contributed by atoms with Crippen LogP contribution in [0.5, 0.6) is 0 Å². The molecule has 1 aliphatic heterocycles. The molecule has 1 heterocycles. The van der Waals surface area contributed by atoms with E-state index in [1.807, 2.05) is 13.8 Å². The van der Waals surface area contributed by atoms with Crippen molar-refractivity contribution in [2.75, 3.05) is 6.61 Å². The number of rotatable bonds is 3. The average Bonchev–Trinajstić information content (AvgIpc) is 2.41. The Hall–Kier alpha value is -0.870. The predicted octanol–water partition coefficient (Wildman–Crippen LogP) is 1.26. The van der Waals surface area contributed by atoms with Gasteiger partial charge in [0.2, 0.25) is 0 Å². The van der Waals surface area contributed by atoms with E-state index in [0.717, 1.165) is 0 Å². The van der Waals surface area contributed by atoms with Crippen LogP contribution in [-0.4, -0.2) is 30.6 Å². The Morgan fingerprint density at radius 3 is 2.71 bits per heavy atom. The zero-order valence-electron chi connectivity index (χ0n) is 8.78. The highest BCUT2D eigenvalue weighted by Gasteiger charge is 2.37. The summed E-state index contributed by atoms with van der Waals surface area (Å²) < 4.78 is 15.9. The molecule has 0 amide bonds. The number of ether oxygens (including phenoxy) is 3. The quantitative estimate of drug-likeness (QED) is 0.508. The number of hydrogen-bond donors (Lipinski definition) is 0. The molecule has 0 bridgehead atoms. The Labute approximate surface area is 83.8 Å². The van der Waals surface area contributed by atoms with E-state index in [1.54, 1.807) is 6.08 Å². The second-order valence-electron chi connectivity index (χ2n) is 3.68. The molecule has 1 saturated heterocycles. The largest absolute Gasteiger partial charge is 0.455 e. The SMILES string of the molecule is C=C[C@H](OC(C)=O)[C@H]1COC(C)(C)O1. The highest BCUT2D eigenvalue weighted by molar-refractivity contribution is 5.66. The minimum atomic E-state index is -0.605. The van der Waals surface area contributed by atoms with Crippen LogP contribution in [0.15, 0.2) is 12.7 Å². The van der Waals surface area contributed by atoms with Crippen molar-refractivity contribution in [2.45, 2.75) is 38.8 Å². The minimum absolute atomic E-state index is 0.258. The van der Waals surface area contributed by atoms with E-state index in [1.165, 1.54) is 6.92 Å². The van der Waals surface area contributed by atoms with Gasteiger partial charge in [0.1, 0.15) is 12.2 Å². The molecule has 1 fully saturated rings. The van der Waals surface area contributed by atoms with E-state index in [2.05, 4.69) is 6.58 Å². The fourth-order valence-corrected chi connectivity index (χ4v) is 1.34. The van der Waals surface area contributed by atoms with Crippen LogP contribution in [0.2, 0.25) is 0 Å². The third-order valence-electron chi connectivity index (χ3n) is 1.93. The molecule has 0 saturated carbocycles. The molecule has 0 aromatic carbocycles. The molecule has 0 N–H and O–H groups in total. The van der Waals surface area contributed by atoms with Crippen LogP contribution >= 0.6 is 0 Å². The van der Waals surface area contributed by atoms with Crippen LogP contribution in [0.3, 0.4) is 0 Å². The van der Waals surface area contributed by atoms with Crippen LogP contribution < -0.4 is 0 Å². The summed E-state index contributed by atoms with van der Waals surface area (Å²) in [5, 5.41) is 0. The highest BCUT2D eigenvalue weighted by atomic mass is 16.7. The first-order chi connectivity index (χ1) is 6.44. The maximum absolute atomic E-state index is 10.8. The van der Waals surface area contributed by atoms with Crippen molar-refractivity contribution in [3.63, 3.8) is 0 Å². The Morgan fingerprint density at radius 2 is 2.36 bits per heavy atom. The van der Waals surface area contributed by atoms with Gasteiger partial charge in [-0.1, -0.05) is 6.58 Å². The minimum Gasteiger partial charge on any atom is -0.455 e. The second kappa shape index (κ2) is 4.11. The first-order valence-corrected chi connectivity index (χ1v) is 4.56. The van der Waals surface area contributed by atoms with Gasteiger partial charge in [-0.05, 0) is 19.9 Å². The molecular weight excluding hydrogens is 184 g/mol. The molecule has 1 rings (SSSR count). The second-order valence-corrected chi connectivity index (χ2v) is 3.68. The molecule has 0 spiro atoms. The molecular formula is C10H16O4. The lowest BCUT2D eigenvalue weighted by Crippen LogP contribution is -2.32. The summed E-state index contributed by atoms with van der Waals surface area (Å²) in [6.07, 6.45) is 0.859. The van der Waals surface area contributed by atoms with Crippen LogP contribution in [0.1, 0.15) is 20.8 Å². The smallest absolute Gasteiger partial charge is 0.303 e. The lowest BCUT2D eigenvalue weighted by atomic mass is 10.2. The van der Waals surface area contributed by atoms with E-state index >= 15 is 0 Å². The molecule has 0 aliphatic carbocycles. The summed E-state index contributed by atoms with van der Waals surface area (Å²) in [6, 6.07) is 0.